The zero-order chi connectivity index (χ0) is 40.8. The normalized spacial score (nSPS) is 13.0. The first-order valence-corrected chi connectivity index (χ1v) is 17.3. The van der Waals surface area contributed by atoms with Crippen molar-refractivity contribution in [2.45, 2.75) is 32.2 Å². The van der Waals surface area contributed by atoms with Crippen LogP contribution in [0.1, 0.15) is 49.1 Å². The van der Waals surface area contributed by atoms with E-state index in [9.17, 15) is 35.9 Å². The lowest BCUT2D eigenvalue weighted by Crippen LogP contribution is -2.36. The van der Waals surface area contributed by atoms with Gasteiger partial charge in [0.2, 0.25) is 0 Å². The molecular weight excluding hydrogens is 780 g/mol. The standard InChI is InChI=1S/C24H19F3N4O2.C15H9ClF3N3O2/c1-33-18-8-6-16(7-9-18)19-12-21(24(25,26)27)31-22(28-19)13-20(29-31)23(32)30-11-10-15-4-2-3-5-17(15)14-30;1-7-2-4-8(5-3-7)9-6-10(15(17,18)19)22-13(20-9)11(16)12(21-22)14(23)24/h2-9,12-13H,10-11,14H2,1H3;2-6H,1H3,(H,23,24). The van der Waals surface area contributed by atoms with Crippen molar-refractivity contribution >= 4 is 34.8 Å². The molecule has 0 unspecified atom stereocenters. The number of aromatic nitrogens is 6. The number of carbonyl (C=O) groups excluding carboxylic acids is 1. The van der Waals surface area contributed by atoms with Crippen molar-refractivity contribution in [3.63, 3.8) is 0 Å². The van der Waals surface area contributed by atoms with Crippen LogP contribution in [0.25, 0.3) is 33.8 Å². The molecule has 4 aromatic heterocycles. The van der Waals surface area contributed by atoms with Crippen molar-refractivity contribution in [3.05, 3.63) is 135 Å². The van der Waals surface area contributed by atoms with Crippen LogP contribution in [0.3, 0.4) is 0 Å². The van der Waals surface area contributed by atoms with E-state index in [0.717, 1.165) is 23.3 Å². The lowest BCUT2D eigenvalue weighted by molar-refractivity contribution is -0.143. The Kier molecular flexibility index (Phi) is 10.1. The van der Waals surface area contributed by atoms with Crippen LogP contribution < -0.4 is 4.74 Å². The fraction of sp³-hybridized carbons (Fsp3) is 0.179. The Bertz CT molecular complexity index is 2660. The van der Waals surface area contributed by atoms with Crippen molar-refractivity contribution in [2.75, 3.05) is 13.7 Å². The number of amides is 1. The molecule has 0 saturated carbocycles. The molecule has 18 heteroatoms. The summed E-state index contributed by atoms with van der Waals surface area (Å²) in [6.07, 6.45) is -8.76. The maximum atomic E-state index is 13.9. The largest absolute Gasteiger partial charge is 0.497 e. The van der Waals surface area contributed by atoms with E-state index in [1.165, 1.54) is 18.7 Å². The first kappa shape index (κ1) is 38.8. The predicted molar refractivity (Wildman–Crippen MR) is 195 cm³/mol. The summed E-state index contributed by atoms with van der Waals surface area (Å²) >= 11 is 5.86. The van der Waals surface area contributed by atoms with Crippen LogP contribution in [0.5, 0.6) is 5.75 Å². The van der Waals surface area contributed by atoms with E-state index < -0.39 is 46.3 Å². The maximum absolute atomic E-state index is 13.9. The number of hydrogen-bond acceptors (Lipinski definition) is 7. The molecule has 8 rings (SSSR count). The van der Waals surface area contributed by atoms with Crippen LogP contribution >= 0.6 is 11.6 Å². The monoisotopic (exact) mass is 807 g/mol. The van der Waals surface area contributed by atoms with Gasteiger partial charge in [-0.25, -0.2) is 23.8 Å². The summed E-state index contributed by atoms with van der Waals surface area (Å²) in [5.74, 6) is -1.37. The third-order valence-corrected chi connectivity index (χ3v) is 9.46. The highest BCUT2D eigenvalue weighted by Gasteiger charge is 2.38. The Morgan fingerprint density at radius 3 is 1.95 bits per heavy atom. The Morgan fingerprint density at radius 1 is 0.772 bits per heavy atom. The molecule has 7 aromatic rings. The number of carboxylic acid groups (broad SMARTS) is 1. The molecule has 292 valence electrons. The number of rotatable bonds is 5. The van der Waals surface area contributed by atoms with E-state index in [1.54, 1.807) is 53.4 Å². The Balaban J connectivity index is 0.000000183. The smallest absolute Gasteiger partial charge is 0.433 e. The van der Waals surface area contributed by atoms with Crippen molar-refractivity contribution in [2.24, 2.45) is 0 Å². The number of methoxy groups -OCH3 is 1. The molecule has 57 heavy (non-hydrogen) atoms. The van der Waals surface area contributed by atoms with Crippen LogP contribution in [0.2, 0.25) is 5.02 Å². The van der Waals surface area contributed by atoms with Crippen molar-refractivity contribution in [1.29, 1.82) is 0 Å². The SMILES string of the molecule is COc1ccc(-c2cc(C(F)(F)F)n3nc(C(=O)N4CCc5ccccc5C4)cc3n2)cc1.Cc1ccc(-c2cc(C(F)(F)F)n3nc(C(=O)O)c(Cl)c3n2)cc1. The van der Waals surface area contributed by atoms with E-state index >= 15 is 0 Å². The molecule has 5 heterocycles. The first-order chi connectivity index (χ1) is 27.0. The highest BCUT2D eigenvalue weighted by molar-refractivity contribution is 6.36. The first-order valence-electron chi connectivity index (χ1n) is 17.0. The van der Waals surface area contributed by atoms with Gasteiger partial charge in [-0.15, -0.1) is 0 Å². The highest BCUT2D eigenvalue weighted by Crippen LogP contribution is 2.35. The summed E-state index contributed by atoms with van der Waals surface area (Å²) in [6, 6.07) is 24.1. The molecular formula is C39H28ClF6N7O4. The predicted octanol–water partition coefficient (Wildman–Crippen LogP) is 8.70. The average Bonchev–Trinajstić information content (AvgIpc) is 3.77. The van der Waals surface area contributed by atoms with E-state index in [-0.39, 0.29) is 28.4 Å². The van der Waals surface area contributed by atoms with E-state index in [2.05, 4.69) is 20.2 Å². The molecule has 0 saturated heterocycles. The highest BCUT2D eigenvalue weighted by atomic mass is 35.5. The van der Waals surface area contributed by atoms with Crippen LogP contribution in [-0.4, -0.2) is 64.7 Å². The van der Waals surface area contributed by atoms with Crippen molar-refractivity contribution < 1.29 is 45.8 Å². The molecule has 0 radical (unpaired) electrons. The van der Waals surface area contributed by atoms with E-state index in [0.29, 0.717) is 45.4 Å². The van der Waals surface area contributed by atoms with E-state index in [1.807, 2.05) is 31.2 Å². The lowest BCUT2D eigenvalue weighted by Gasteiger charge is -2.28. The van der Waals surface area contributed by atoms with Gasteiger partial charge in [0, 0.05) is 30.3 Å². The average molecular weight is 808 g/mol. The Labute approximate surface area is 323 Å². The number of aryl methyl sites for hydroxylation is 1. The lowest BCUT2D eigenvalue weighted by atomic mass is 10.00. The second-order valence-electron chi connectivity index (χ2n) is 12.9. The van der Waals surface area contributed by atoms with Crippen LogP contribution in [-0.2, 0) is 25.3 Å². The van der Waals surface area contributed by atoms with Crippen LogP contribution in [0.15, 0.2) is 91.0 Å². The summed E-state index contributed by atoms with van der Waals surface area (Å²) in [7, 11) is 1.51. The van der Waals surface area contributed by atoms with Crippen molar-refractivity contribution in [3.8, 4) is 28.3 Å². The fourth-order valence-corrected chi connectivity index (χ4v) is 6.46. The summed E-state index contributed by atoms with van der Waals surface area (Å²) in [5.41, 5.74) is 0.902. The number of aromatic carboxylic acids is 1. The number of hydrogen-bond donors (Lipinski definition) is 1. The van der Waals surface area contributed by atoms with Crippen LogP contribution in [0.4, 0.5) is 26.3 Å². The van der Waals surface area contributed by atoms with Gasteiger partial charge in [-0.2, -0.15) is 36.5 Å². The van der Waals surface area contributed by atoms with Gasteiger partial charge in [-0.1, -0.05) is 65.7 Å². The van der Waals surface area contributed by atoms with Gasteiger partial charge in [0.05, 0.1) is 18.5 Å². The molecule has 1 aliphatic rings. The molecule has 3 aromatic carbocycles. The van der Waals surface area contributed by atoms with Gasteiger partial charge in [0.1, 0.15) is 10.8 Å². The van der Waals surface area contributed by atoms with Crippen LogP contribution in [0, 0.1) is 6.92 Å². The topological polar surface area (TPSA) is 127 Å². The quantitative estimate of drug-likeness (QED) is 0.171. The summed E-state index contributed by atoms with van der Waals surface area (Å²) < 4.78 is 87.8. The fourth-order valence-electron chi connectivity index (χ4n) is 6.22. The molecule has 0 bridgehead atoms. The minimum Gasteiger partial charge on any atom is -0.497 e. The number of carbonyl (C=O) groups is 2. The van der Waals surface area contributed by atoms with Gasteiger partial charge in [0.15, 0.2) is 34.1 Å². The van der Waals surface area contributed by atoms with Gasteiger partial charge in [-0.3, -0.25) is 4.79 Å². The zero-order valence-corrected chi connectivity index (χ0v) is 30.5. The number of fused-ring (bicyclic) bond motifs is 3. The number of ether oxygens (including phenoxy) is 1. The molecule has 1 aliphatic heterocycles. The number of benzene rings is 3. The summed E-state index contributed by atoms with van der Waals surface area (Å²) in [4.78, 5) is 34.2. The Hall–Kier alpha value is -6.49. The number of nitrogens with zero attached hydrogens (tertiary/aromatic N) is 7. The molecule has 0 spiro atoms. The summed E-state index contributed by atoms with van der Waals surface area (Å²) in [6.45, 7) is 2.70. The maximum Gasteiger partial charge on any atom is 0.433 e. The second kappa shape index (κ2) is 14.9. The van der Waals surface area contributed by atoms with E-state index in [4.69, 9.17) is 21.4 Å². The van der Waals surface area contributed by atoms with Gasteiger partial charge in [0.25, 0.3) is 5.91 Å². The zero-order valence-electron chi connectivity index (χ0n) is 29.7. The molecule has 0 aliphatic carbocycles. The molecule has 1 amide bonds. The number of carboxylic acids is 1. The Morgan fingerprint density at radius 2 is 1.35 bits per heavy atom. The van der Waals surface area contributed by atoms with Crippen molar-refractivity contribution in [1.82, 2.24) is 34.1 Å². The van der Waals surface area contributed by atoms with Gasteiger partial charge < -0.3 is 14.7 Å². The second-order valence-corrected chi connectivity index (χ2v) is 13.3. The number of halogens is 7. The third kappa shape index (κ3) is 7.82. The minimum absolute atomic E-state index is 0.0218. The molecule has 0 fully saturated rings. The third-order valence-electron chi connectivity index (χ3n) is 9.11. The summed E-state index contributed by atoms with van der Waals surface area (Å²) in [5, 5.41) is 16.0. The molecule has 0 atom stereocenters. The van der Waals surface area contributed by atoms with Gasteiger partial charge >= 0.3 is 18.3 Å². The molecule has 11 nitrogen and oxygen atoms in total. The molecule has 1 N–H and O–H groups in total. The number of alkyl halides is 6. The minimum atomic E-state index is -4.76. The van der Waals surface area contributed by atoms with Gasteiger partial charge in [-0.05, 0) is 60.9 Å².